The minimum Gasteiger partial charge on any atom is -0.507 e. The van der Waals surface area contributed by atoms with Crippen molar-refractivity contribution < 1.29 is 24.9 Å². The SMILES string of the molecule is Cc1ccc(O)c(C(=O)N[C@@H](CCO)C(=O)O)c1. The molecule has 6 nitrogen and oxygen atoms in total. The number of hydrogen-bond donors (Lipinski definition) is 4. The highest BCUT2D eigenvalue weighted by molar-refractivity contribution is 5.98. The van der Waals surface area contributed by atoms with Gasteiger partial charge >= 0.3 is 5.97 Å². The predicted octanol–water partition coefficient (Wildman–Crippen LogP) is 0.266. The summed E-state index contributed by atoms with van der Waals surface area (Å²) in [5, 5.41) is 29.3. The molecule has 1 rings (SSSR count). The van der Waals surface area contributed by atoms with Gasteiger partial charge in [0.15, 0.2) is 0 Å². The molecule has 0 saturated heterocycles. The lowest BCUT2D eigenvalue weighted by atomic mass is 10.1. The zero-order chi connectivity index (χ0) is 13.7. The molecule has 4 N–H and O–H groups in total. The summed E-state index contributed by atoms with van der Waals surface area (Å²) in [5.74, 6) is -2.13. The number of carboxylic acids is 1. The van der Waals surface area contributed by atoms with Crippen LogP contribution in [0, 0.1) is 6.92 Å². The Morgan fingerprint density at radius 3 is 2.61 bits per heavy atom. The van der Waals surface area contributed by atoms with Crippen molar-refractivity contribution in [2.75, 3.05) is 6.61 Å². The van der Waals surface area contributed by atoms with E-state index in [1.54, 1.807) is 13.0 Å². The van der Waals surface area contributed by atoms with Crippen molar-refractivity contribution in [2.24, 2.45) is 0 Å². The molecule has 0 aliphatic rings. The molecule has 0 aromatic heterocycles. The van der Waals surface area contributed by atoms with E-state index in [0.29, 0.717) is 0 Å². The molecule has 0 spiro atoms. The van der Waals surface area contributed by atoms with E-state index in [1.165, 1.54) is 12.1 Å². The zero-order valence-electron chi connectivity index (χ0n) is 9.88. The van der Waals surface area contributed by atoms with E-state index in [0.717, 1.165) is 5.56 Å². The van der Waals surface area contributed by atoms with Crippen molar-refractivity contribution in [3.63, 3.8) is 0 Å². The van der Waals surface area contributed by atoms with Crippen molar-refractivity contribution in [1.82, 2.24) is 5.32 Å². The molecule has 18 heavy (non-hydrogen) atoms. The number of rotatable bonds is 5. The van der Waals surface area contributed by atoms with E-state index in [1.807, 2.05) is 0 Å². The Morgan fingerprint density at radius 2 is 2.06 bits per heavy atom. The maximum atomic E-state index is 11.8. The summed E-state index contributed by atoms with van der Waals surface area (Å²) in [7, 11) is 0. The van der Waals surface area contributed by atoms with E-state index in [-0.39, 0.29) is 24.3 Å². The van der Waals surface area contributed by atoms with Crippen LogP contribution in [0.3, 0.4) is 0 Å². The Balaban J connectivity index is 2.86. The van der Waals surface area contributed by atoms with Crippen LogP contribution in [0.4, 0.5) is 0 Å². The van der Waals surface area contributed by atoms with Crippen molar-refractivity contribution in [3.8, 4) is 5.75 Å². The minimum atomic E-state index is -1.23. The number of carboxylic acid groups (broad SMARTS) is 1. The van der Waals surface area contributed by atoms with Crippen LogP contribution in [0.15, 0.2) is 18.2 Å². The van der Waals surface area contributed by atoms with E-state index < -0.39 is 17.9 Å². The standard InChI is InChI=1S/C12H15NO5/c1-7-2-3-10(15)8(6-7)11(16)13-9(4-5-14)12(17)18/h2-3,6,9,14-15H,4-5H2,1H3,(H,13,16)(H,17,18)/t9-/m0/s1. The average Bonchev–Trinajstić information content (AvgIpc) is 2.31. The van der Waals surface area contributed by atoms with Gasteiger partial charge in [0.2, 0.25) is 0 Å². The molecule has 98 valence electrons. The first kappa shape index (κ1) is 14.0. The fraction of sp³-hybridized carbons (Fsp3) is 0.333. The van der Waals surface area contributed by atoms with Crippen molar-refractivity contribution in [1.29, 1.82) is 0 Å². The molecular weight excluding hydrogens is 238 g/mol. The number of phenols is 1. The van der Waals surface area contributed by atoms with Gasteiger partial charge in [0.1, 0.15) is 11.8 Å². The largest absolute Gasteiger partial charge is 0.507 e. The van der Waals surface area contributed by atoms with Gasteiger partial charge in [-0.05, 0) is 19.1 Å². The molecule has 0 unspecified atom stereocenters. The number of amides is 1. The molecule has 0 bridgehead atoms. The van der Waals surface area contributed by atoms with Crippen LogP contribution in [0.5, 0.6) is 5.75 Å². The number of aryl methyl sites for hydroxylation is 1. The normalized spacial score (nSPS) is 11.9. The molecule has 0 aliphatic carbocycles. The maximum absolute atomic E-state index is 11.8. The third-order valence-corrected chi connectivity index (χ3v) is 2.42. The predicted molar refractivity (Wildman–Crippen MR) is 63.4 cm³/mol. The lowest BCUT2D eigenvalue weighted by Gasteiger charge is -2.14. The van der Waals surface area contributed by atoms with Gasteiger partial charge < -0.3 is 20.6 Å². The Morgan fingerprint density at radius 1 is 1.39 bits per heavy atom. The second kappa shape index (κ2) is 6.02. The summed E-state index contributed by atoms with van der Waals surface area (Å²) in [4.78, 5) is 22.6. The first-order chi connectivity index (χ1) is 8.45. The third kappa shape index (κ3) is 3.46. The van der Waals surface area contributed by atoms with E-state index in [9.17, 15) is 14.7 Å². The summed E-state index contributed by atoms with van der Waals surface area (Å²) < 4.78 is 0. The van der Waals surface area contributed by atoms with Gasteiger partial charge in [-0.15, -0.1) is 0 Å². The molecule has 1 amide bonds. The Kier molecular flexibility index (Phi) is 4.67. The van der Waals surface area contributed by atoms with Crippen molar-refractivity contribution in [2.45, 2.75) is 19.4 Å². The van der Waals surface area contributed by atoms with Gasteiger partial charge in [0.25, 0.3) is 5.91 Å². The van der Waals surface area contributed by atoms with E-state index in [4.69, 9.17) is 10.2 Å². The van der Waals surface area contributed by atoms with Gasteiger partial charge in [-0.25, -0.2) is 4.79 Å². The monoisotopic (exact) mass is 253 g/mol. The second-order valence-electron chi connectivity index (χ2n) is 3.90. The Bertz CT molecular complexity index is 458. The number of aliphatic carboxylic acids is 1. The molecule has 0 radical (unpaired) electrons. The van der Waals surface area contributed by atoms with Crippen LogP contribution >= 0.6 is 0 Å². The number of benzene rings is 1. The summed E-state index contributed by atoms with van der Waals surface area (Å²) in [5.41, 5.74) is 0.783. The fourth-order valence-electron chi connectivity index (χ4n) is 1.45. The van der Waals surface area contributed by atoms with Crippen molar-refractivity contribution >= 4 is 11.9 Å². The quantitative estimate of drug-likeness (QED) is 0.602. The molecule has 0 fully saturated rings. The van der Waals surface area contributed by atoms with Gasteiger partial charge in [-0.2, -0.15) is 0 Å². The maximum Gasteiger partial charge on any atom is 0.326 e. The van der Waals surface area contributed by atoms with E-state index >= 15 is 0 Å². The Hall–Kier alpha value is -2.08. The van der Waals surface area contributed by atoms with Crippen molar-refractivity contribution in [3.05, 3.63) is 29.3 Å². The molecular formula is C12H15NO5. The molecule has 0 aliphatic heterocycles. The van der Waals surface area contributed by atoms with Crippen LogP contribution in [-0.2, 0) is 4.79 Å². The van der Waals surface area contributed by atoms with Gasteiger partial charge in [0.05, 0.1) is 5.56 Å². The van der Waals surface area contributed by atoms with Crippen LogP contribution in [0.2, 0.25) is 0 Å². The van der Waals surface area contributed by atoms with Crippen LogP contribution < -0.4 is 5.32 Å². The zero-order valence-corrected chi connectivity index (χ0v) is 9.88. The average molecular weight is 253 g/mol. The summed E-state index contributed by atoms with van der Waals surface area (Å²) in [6.45, 7) is 1.40. The molecule has 1 aromatic carbocycles. The molecule has 1 atom stereocenters. The van der Waals surface area contributed by atoms with Gasteiger partial charge in [-0.3, -0.25) is 4.79 Å². The topological polar surface area (TPSA) is 107 Å². The minimum absolute atomic E-state index is 0.0131. The highest BCUT2D eigenvalue weighted by atomic mass is 16.4. The summed E-state index contributed by atoms with van der Waals surface area (Å²) >= 11 is 0. The number of aliphatic hydroxyl groups is 1. The number of phenolic OH excluding ortho intramolecular Hbond substituents is 1. The highest BCUT2D eigenvalue weighted by Gasteiger charge is 2.21. The molecule has 0 saturated carbocycles. The van der Waals surface area contributed by atoms with Gasteiger partial charge in [-0.1, -0.05) is 11.6 Å². The lowest BCUT2D eigenvalue weighted by molar-refractivity contribution is -0.139. The molecule has 0 heterocycles. The molecule has 1 aromatic rings. The smallest absolute Gasteiger partial charge is 0.326 e. The van der Waals surface area contributed by atoms with Crippen LogP contribution in [-0.4, -0.2) is 39.8 Å². The lowest BCUT2D eigenvalue weighted by Crippen LogP contribution is -2.41. The second-order valence-corrected chi connectivity index (χ2v) is 3.90. The number of carbonyl (C=O) groups is 2. The third-order valence-electron chi connectivity index (χ3n) is 2.42. The fourth-order valence-corrected chi connectivity index (χ4v) is 1.45. The summed E-state index contributed by atoms with van der Waals surface area (Å²) in [6.07, 6.45) is -0.0896. The highest BCUT2D eigenvalue weighted by Crippen LogP contribution is 2.18. The number of carbonyl (C=O) groups excluding carboxylic acids is 1. The van der Waals surface area contributed by atoms with Crippen LogP contribution in [0.25, 0.3) is 0 Å². The first-order valence-corrected chi connectivity index (χ1v) is 5.40. The molecule has 6 heteroatoms. The number of nitrogens with one attached hydrogen (secondary N) is 1. The van der Waals surface area contributed by atoms with Gasteiger partial charge in [0, 0.05) is 13.0 Å². The number of hydrogen-bond acceptors (Lipinski definition) is 4. The number of aromatic hydroxyl groups is 1. The number of aliphatic hydroxyl groups excluding tert-OH is 1. The van der Waals surface area contributed by atoms with E-state index in [2.05, 4.69) is 5.32 Å². The van der Waals surface area contributed by atoms with Crippen LogP contribution in [0.1, 0.15) is 22.3 Å². The Labute approximate surface area is 104 Å². The summed E-state index contributed by atoms with van der Waals surface area (Å²) in [6, 6.07) is 3.28. The first-order valence-electron chi connectivity index (χ1n) is 5.40.